The van der Waals surface area contributed by atoms with Crippen LogP contribution in [-0.4, -0.2) is 40.2 Å². The van der Waals surface area contributed by atoms with Crippen molar-refractivity contribution in [2.45, 2.75) is 18.0 Å². The number of fused-ring (bicyclic) bond motifs is 1. The molecule has 8 nitrogen and oxygen atoms in total. The second-order valence-corrected chi connectivity index (χ2v) is 9.28. The monoisotopic (exact) mass is 468 g/mol. The molecule has 1 aliphatic rings. The van der Waals surface area contributed by atoms with Gasteiger partial charge >= 0.3 is 0 Å². The predicted molar refractivity (Wildman–Crippen MR) is 122 cm³/mol. The summed E-state index contributed by atoms with van der Waals surface area (Å²) in [6, 6.07) is 18.7. The summed E-state index contributed by atoms with van der Waals surface area (Å²) in [5.41, 5.74) is 1.86. The van der Waals surface area contributed by atoms with Gasteiger partial charge < -0.3 is 19.1 Å². The number of para-hydroxylation sites is 1. The molecule has 1 N–H and O–H groups in total. The van der Waals surface area contributed by atoms with Crippen LogP contribution in [-0.2, 0) is 23.1 Å². The smallest absolute Gasteiger partial charge is 0.253 e. The van der Waals surface area contributed by atoms with Gasteiger partial charge in [0.2, 0.25) is 16.8 Å². The molecule has 0 atom stereocenters. The molecule has 0 saturated heterocycles. The van der Waals surface area contributed by atoms with Crippen molar-refractivity contribution in [3.8, 4) is 17.2 Å². The number of hydrogen-bond acceptors (Lipinski definition) is 6. The molecule has 0 bridgehead atoms. The number of rotatable bonds is 8. The van der Waals surface area contributed by atoms with Crippen LogP contribution in [0.1, 0.15) is 21.5 Å². The predicted octanol–water partition coefficient (Wildman–Crippen LogP) is 3.17. The Kier molecular flexibility index (Phi) is 6.52. The van der Waals surface area contributed by atoms with Crippen LogP contribution < -0.4 is 18.9 Å². The highest BCUT2D eigenvalue weighted by molar-refractivity contribution is 7.89. The number of sulfonamides is 1. The fourth-order valence-electron chi connectivity index (χ4n) is 3.49. The zero-order valence-corrected chi connectivity index (χ0v) is 19.1. The van der Waals surface area contributed by atoms with E-state index in [-0.39, 0.29) is 29.7 Å². The highest BCUT2D eigenvalue weighted by Crippen LogP contribution is 2.32. The molecule has 0 radical (unpaired) electrons. The van der Waals surface area contributed by atoms with E-state index in [2.05, 4.69) is 4.72 Å². The average molecular weight is 469 g/mol. The Morgan fingerprint density at radius 3 is 2.64 bits per heavy atom. The van der Waals surface area contributed by atoms with Gasteiger partial charge in [0.1, 0.15) is 5.75 Å². The summed E-state index contributed by atoms with van der Waals surface area (Å²) in [5, 5.41) is 0. The topological polar surface area (TPSA) is 94.2 Å². The third kappa shape index (κ3) is 5.10. The Hall–Kier alpha value is -3.56. The second kappa shape index (κ2) is 9.51. The van der Waals surface area contributed by atoms with Gasteiger partial charge in [-0.05, 0) is 42.0 Å². The number of carbonyl (C=O) groups excluding carboxylic acids is 1. The Morgan fingerprint density at radius 1 is 1.03 bits per heavy atom. The molecule has 0 unspecified atom stereocenters. The molecule has 0 fully saturated rings. The quantitative estimate of drug-likeness (QED) is 0.546. The second-order valence-electron chi connectivity index (χ2n) is 7.51. The maximum absolute atomic E-state index is 13.0. The van der Waals surface area contributed by atoms with Crippen molar-refractivity contribution in [2.24, 2.45) is 0 Å². The van der Waals surface area contributed by atoms with Crippen molar-refractivity contribution in [3.05, 3.63) is 83.4 Å². The summed E-state index contributed by atoms with van der Waals surface area (Å²) in [5.74, 6) is 1.59. The summed E-state index contributed by atoms with van der Waals surface area (Å²) >= 11 is 0. The van der Waals surface area contributed by atoms with Gasteiger partial charge in [-0.3, -0.25) is 4.79 Å². The molecule has 0 saturated carbocycles. The summed E-state index contributed by atoms with van der Waals surface area (Å²) in [6.07, 6.45) is 0. The largest absolute Gasteiger partial charge is 0.496 e. The molecule has 4 rings (SSSR count). The minimum absolute atomic E-state index is 0.0137. The number of methoxy groups -OCH3 is 1. The Balaban J connectivity index is 1.46. The van der Waals surface area contributed by atoms with Crippen LogP contribution in [0.2, 0.25) is 0 Å². The lowest BCUT2D eigenvalue weighted by Gasteiger charge is -2.19. The van der Waals surface area contributed by atoms with Crippen LogP contribution in [0.15, 0.2) is 71.6 Å². The van der Waals surface area contributed by atoms with Crippen molar-refractivity contribution in [1.82, 2.24) is 9.62 Å². The molecule has 3 aromatic rings. The SMILES string of the molecule is COc1ccccc1CN(C)C(=O)c1cccc(S(=O)(=O)NCc2ccc3c(c2)OCO3)c1. The molecular weight excluding hydrogens is 444 g/mol. The van der Waals surface area contributed by atoms with Crippen LogP contribution in [0.25, 0.3) is 0 Å². The molecule has 1 aliphatic heterocycles. The molecule has 172 valence electrons. The zero-order chi connectivity index (χ0) is 23.4. The lowest BCUT2D eigenvalue weighted by Crippen LogP contribution is -2.27. The first kappa shape index (κ1) is 22.6. The molecule has 1 heterocycles. The van der Waals surface area contributed by atoms with Gasteiger partial charge in [0.15, 0.2) is 11.5 Å². The van der Waals surface area contributed by atoms with Crippen molar-refractivity contribution >= 4 is 15.9 Å². The lowest BCUT2D eigenvalue weighted by atomic mass is 10.1. The van der Waals surface area contributed by atoms with Crippen molar-refractivity contribution in [3.63, 3.8) is 0 Å². The minimum Gasteiger partial charge on any atom is -0.496 e. The van der Waals surface area contributed by atoms with Gasteiger partial charge in [0.25, 0.3) is 5.91 Å². The van der Waals surface area contributed by atoms with E-state index in [1.165, 1.54) is 17.0 Å². The highest BCUT2D eigenvalue weighted by Gasteiger charge is 2.20. The number of carbonyl (C=O) groups is 1. The van der Waals surface area contributed by atoms with Crippen LogP contribution in [0, 0.1) is 0 Å². The van der Waals surface area contributed by atoms with E-state index in [9.17, 15) is 13.2 Å². The Bertz CT molecular complexity index is 1280. The van der Waals surface area contributed by atoms with E-state index in [0.717, 1.165) is 11.1 Å². The first-order valence-corrected chi connectivity index (χ1v) is 11.7. The number of amides is 1. The number of benzene rings is 3. The highest BCUT2D eigenvalue weighted by atomic mass is 32.2. The molecular formula is C24H24N2O6S. The van der Waals surface area contributed by atoms with E-state index in [1.54, 1.807) is 44.5 Å². The molecule has 1 amide bonds. The third-order valence-corrected chi connectivity index (χ3v) is 6.64. The molecule has 9 heteroatoms. The van der Waals surface area contributed by atoms with E-state index in [4.69, 9.17) is 14.2 Å². The molecule has 0 spiro atoms. The van der Waals surface area contributed by atoms with Crippen LogP contribution in [0.4, 0.5) is 0 Å². The normalized spacial score (nSPS) is 12.4. The van der Waals surface area contributed by atoms with Gasteiger partial charge in [0.05, 0.1) is 12.0 Å². The van der Waals surface area contributed by atoms with Crippen LogP contribution in [0.3, 0.4) is 0 Å². The number of ether oxygens (including phenoxy) is 3. The average Bonchev–Trinajstić information content (AvgIpc) is 3.31. The zero-order valence-electron chi connectivity index (χ0n) is 18.3. The fourth-order valence-corrected chi connectivity index (χ4v) is 4.55. The minimum atomic E-state index is -3.84. The Labute approximate surface area is 192 Å². The van der Waals surface area contributed by atoms with Gasteiger partial charge in [-0.2, -0.15) is 0 Å². The molecule has 0 aliphatic carbocycles. The lowest BCUT2D eigenvalue weighted by molar-refractivity contribution is 0.0784. The van der Waals surface area contributed by atoms with Crippen molar-refractivity contribution in [1.29, 1.82) is 0 Å². The van der Waals surface area contributed by atoms with E-state index >= 15 is 0 Å². The van der Waals surface area contributed by atoms with Gasteiger partial charge in [0, 0.05) is 31.3 Å². The van der Waals surface area contributed by atoms with Crippen LogP contribution in [0.5, 0.6) is 17.2 Å². The van der Waals surface area contributed by atoms with E-state index in [0.29, 0.717) is 23.8 Å². The van der Waals surface area contributed by atoms with Crippen molar-refractivity contribution in [2.75, 3.05) is 21.0 Å². The Morgan fingerprint density at radius 2 is 1.82 bits per heavy atom. The summed E-state index contributed by atoms with van der Waals surface area (Å²) < 4.78 is 44.2. The van der Waals surface area contributed by atoms with Gasteiger partial charge in [-0.15, -0.1) is 0 Å². The van der Waals surface area contributed by atoms with Gasteiger partial charge in [-0.1, -0.05) is 30.3 Å². The first-order chi connectivity index (χ1) is 15.9. The van der Waals surface area contributed by atoms with Gasteiger partial charge in [-0.25, -0.2) is 13.1 Å². The summed E-state index contributed by atoms with van der Waals surface area (Å²) in [4.78, 5) is 14.5. The van der Waals surface area contributed by atoms with E-state index < -0.39 is 10.0 Å². The number of nitrogens with one attached hydrogen (secondary N) is 1. The summed E-state index contributed by atoms with van der Waals surface area (Å²) in [7, 11) is -0.601. The number of hydrogen-bond donors (Lipinski definition) is 1. The maximum atomic E-state index is 13.0. The van der Waals surface area contributed by atoms with Crippen molar-refractivity contribution < 1.29 is 27.4 Å². The maximum Gasteiger partial charge on any atom is 0.253 e. The summed E-state index contributed by atoms with van der Waals surface area (Å²) in [6.45, 7) is 0.546. The molecule has 3 aromatic carbocycles. The van der Waals surface area contributed by atoms with E-state index in [1.807, 2.05) is 24.3 Å². The molecule has 33 heavy (non-hydrogen) atoms. The first-order valence-electron chi connectivity index (χ1n) is 10.2. The third-order valence-electron chi connectivity index (χ3n) is 5.24. The number of nitrogens with zero attached hydrogens (tertiary/aromatic N) is 1. The molecule has 0 aromatic heterocycles. The standard InChI is InChI=1S/C24H24N2O6S/c1-26(15-19-6-3-4-9-21(19)30-2)24(27)18-7-5-8-20(13-18)33(28,29)25-14-17-10-11-22-23(12-17)32-16-31-22/h3-13,25H,14-16H2,1-2H3. The fraction of sp³-hybridized carbons (Fsp3) is 0.208. The van der Waals surface area contributed by atoms with Crippen LogP contribution >= 0.6 is 0 Å².